The Morgan fingerprint density at radius 3 is 3.00 bits per heavy atom. The van der Waals surface area contributed by atoms with Gasteiger partial charge in [-0.05, 0) is 23.6 Å². The zero-order valence-corrected chi connectivity index (χ0v) is 7.78. The minimum atomic E-state index is -0.445. The lowest BCUT2D eigenvalue weighted by molar-refractivity contribution is 0.555. The largest absolute Gasteiger partial charge is 0.417 e. The van der Waals surface area contributed by atoms with Crippen LogP contribution >= 0.6 is 0 Å². The van der Waals surface area contributed by atoms with E-state index in [0.717, 1.165) is 10.8 Å². The van der Waals surface area contributed by atoms with Gasteiger partial charge in [-0.2, -0.15) is 0 Å². The minimum absolute atomic E-state index is 0.445. The van der Waals surface area contributed by atoms with Crippen LogP contribution in [0.4, 0.5) is 5.69 Å². The van der Waals surface area contributed by atoms with Crippen LogP contribution in [0.1, 0.15) is 0 Å². The average molecular weight is 200 g/mol. The van der Waals surface area contributed by atoms with Crippen molar-refractivity contribution in [1.82, 2.24) is 4.98 Å². The van der Waals surface area contributed by atoms with Gasteiger partial charge >= 0.3 is 5.76 Å². The Kier molecular flexibility index (Phi) is 1.42. The Hall–Kier alpha value is -2.23. The lowest BCUT2D eigenvalue weighted by atomic mass is 10.1. The molecule has 0 saturated heterocycles. The summed E-state index contributed by atoms with van der Waals surface area (Å²) in [5.41, 5.74) is 7.73. The van der Waals surface area contributed by atoms with Crippen LogP contribution in [0.3, 0.4) is 0 Å². The van der Waals surface area contributed by atoms with Gasteiger partial charge in [-0.1, -0.05) is 12.1 Å². The van der Waals surface area contributed by atoms with Crippen molar-refractivity contribution in [2.75, 3.05) is 5.73 Å². The Labute approximate surface area is 84.3 Å². The second-order valence-electron chi connectivity index (χ2n) is 3.43. The number of aromatic nitrogens is 1. The molecule has 74 valence electrons. The SMILES string of the molecule is Nc1cccc2cc3[nH]c(=O)oc3cc12. The highest BCUT2D eigenvalue weighted by Gasteiger charge is 2.04. The third-order valence-corrected chi connectivity index (χ3v) is 2.45. The molecule has 0 atom stereocenters. The molecule has 1 aromatic heterocycles. The fraction of sp³-hybridized carbons (Fsp3) is 0. The van der Waals surface area contributed by atoms with Crippen LogP contribution in [0.2, 0.25) is 0 Å². The lowest BCUT2D eigenvalue weighted by Crippen LogP contribution is -1.92. The third kappa shape index (κ3) is 1.11. The molecular weight excluding hydrogens is 192 g/mol. The molecule has 0 aliphatic heterocycles. The first kappa shape index (κ1) is 8.11. The number of benzene rings is 2. The summed E-state index contributed by atoms with van der Waals surface area (Å²) in [7, 11) is 0. The molecule has 3 rings (SSSR count). The fourth-order valence-electron chi connectivity index (χ4n) is 1.75. The number of fused-ring (bicyclic) bond motifs is 2. The second kappa shape index (κ2) is 2.63. The van der Waals surface area contributed by atoms with Gasteiger partial charge in [0.1, 0.15) is 0 Å². The van der Waals surface area contributed by atoms with Crippen molar-refractivity contribution < 1.29 is 4.42 Å². The van der Waals surface area contributed by atoms with Crippen molar-refractivity contribution in [3.8, 4) is 0 Å². The zero-order valence-electron chi connectivity index (χ0n) is 7.78. The molecule has 2 aromatic carbocycles. The van der Waals surface area contributed by atoms with Gasteiger partial charge in [0, 0.05) is 11.1 Å². The smallest absolute Gasteiger partial charge is 0.408 e. The molecule has 4 nitrogen and oxygen atoms in total. The number of nitrogens with one attached hydrogen (secondary N) is 1. The molecule has 0 radical (unpaired) electrons. The number of nitrogens with two attached hydrogens (primary N) is 1. The van der Waals surface area contributed by atoms with Crippen LogP contribution in [0.25, 0.3) is 21.9 Å². The molecule has 15 heavy (non-hydrogen) atoms. The fourth-order valence-corrected chi connectivity index (χ4v) is 1.75. The number of rotatable bonds is 0. The third-order valence-electron chi connectivity index (χ3n) is 2.45. The molecule has 3 N–H and O–H groups in total. The van der Waals surface area contributed by atoms with E-state index in [1.807, 2.05) is 24.3 Å². The van der Waals surface area contributed by atoms with Crippen molar-refractivity contribution in [2.24, 2.45) is 0 Å². The maximum Gasteiger partial charge on any atom is 0.417 e. The minimum Gasteiger partial charge on any atom is -0.408 e. The summed E-state index contributed by atoms with van der Waals surface area (Å²) in [5, 5.41) is 1.88. The first-order chi connectivity index (χ1) is 7.24. The van der Waals surface area contributed by atoms with E-state index in [1.165, 1.54) is 0 Å². The van der Waals surface area contributed by atoms with Gasteiger partial charge in [0.05, 0.1) is 5.52 Å². The van der Waals surface area contributed by atoms with Gasteiger partial charge in [-0.3, -0.25) is 4.98 Å². The summed E-state index contributed by atoms with van der Waals surface area (Å²) >= 11 is 0. The van der Waals surface area contributed by atoms with E-state index in [9.17, 15) is 4.79 Å². The van der Waals surface area contributed by atoms with E-state index in [-0.39, 0.29) is 0 Å². The quantitative estimate of drug-likeness (QED) is 0.544. The lowest BCUT2D eigenvalue weighted by Gasteiger charge is -2.00. The predicted octanol–water partition coefficient (Wildman–Crippen LogP) is 1.86. The molecule has 3 aromatic rings. The van der Waals surface area contributed by atoms with Gasteiger partial charge in [-0.25, -0.2) is 4.79 Å². The van der Waals surface area contributed by atoms with E-state index in [1.54, 1.807) is 6.07 Å². The molecule has 0 saturated carbocycles. The first-order valence-corrected chi connectivity index (χ1v) is 4.55. The number of hydrogen-bond donors (Lipinski definition) is 2. The Morgan fingerprint density at radius 1 is 1.27 bits per heavy atom. The highest BCUT2D eigenvalue weighted by atomic mass is 16.4. The second-order valence-corrected chi connectivity index (χ2v) is 3.43. The van der Waals surface area contributed by atoms with Crippen LogP contribution in [0, 0.1) is 0 Å². The van der Waals surface area contributed by atoms with E-state index in [2.05, 4.69) is 4.98 Å². The standard InChI is InChI=1S/C11H8N2O2/c12-8-3-1-2-6-4-9-10(5-7(6)8)15-11(14)13-9/h1-5H,12H2,(H,13,14). The van der Waals surface area contributed by atoms with Gasteiger partial charge < -0.3 is 10.2 Å². The molecule has 0 aliphatic carbocycles. The van der Waals surface area contributed by atoms with Crippen molar-refractivity contribution in [2.45, 2.75) is 0 Å². The van der Waals surface area contributed by atoms with Crippen LogP contribution in [-0.2, 0) is 0 Å². The van der Waals surface area contributed by atoms with Gasteiger partial charge in [0.15, 0.2) is 5.58 Å². The normalized spacial score (nSPS) is 11.2. The summed E-state index contributed by atoms with van der Waals surface area (Å²) in [6, 6.07) is 9.26. The van der Waals surface area contributed by atoms with Crippen LogP contribution in [0.5, 0.6) is 0 Å². The topological polar surface area (TPSA) is 72.0 Å². The number of aromatic amines is 1. The van der Waals surface area contributed by atoms with Crippen LogP contribution < -0.4 is 11.5 Å². The highest BCUT2D eigenvalue weighted by molar-refractivity contribution is 6.00. The Morgan fingerprint density at radius 2 is 2.13 bits per heavy atom. The Bertz CT molecular complexity index is 709. The van der Waals surface area contributed by atoms with E-state index in [0.29, 0.717) is 16.8 Å². The van der Waals surface area contributed by atoms with Crippen LogP contribution in [-0.4, -0.2) is 4.98 Å². The molecular formula is C11H8N2O2. The maximum atomic E-state index is 11.0. The molecule has 0 fully saturated rings. The molecule has 4 heteroatoms. The summed E-state index contributed by atoms with van der Waals surface area (Å²) in [6.07, 6.45) is 0. The van der Waals surface area contributed by atoms with Crippen molar-refractivity contribution >= 4 is 27.6 Å². The summed E-state index contributed by atoms with van der Waals surface area (Å²) in [5.74, 6) is -0.445. The Balaban J connectivity index is 2.57. The maximum absolute atomic E-state index is 11.0. The van der Waals surface area contributed by atoms with Gasteiger partial charge in [-0.15, -0.1) is 0 Å². The number of anilines is 1. The molecule has 0 spiro atoms. The van der Waals surface area contributed by atoms with Gasteiger partial charge in [0.25, 0.3) is 0 Å². The predicted molar refractivity (Wildman–Crippen MR) is 58.8 cm³/mol. The van der Waals surface area contributed by atoms with E-state index < -0.39 is 5.76 Å². The summed E-state index contributed by atoms with van der Waals surface area (Å²) in [6.45, 7) is 0. The average Bonchev–Trinajstić information content (AvgIpc) is 2.55. The van der Waals surface area contributed by atoms with Gasteiger partial charge in [0.2, 0.25) is 0 Å². The van der Waals surface area contributed by atoms with Crippen molar-refractivity contribution in [3.05, 3.63) is 40.9 Å². The van der Waals surface area contributed by atoms with E-state index >= 15 is 0 Å². The summed E-state index contributed by atoms with van der Waals surface area (Å²) < 4.78 is 4.96. The molecule has 0 amide bonds. The molecule has 0 aliphatic rings. The number of H-pyrrole nitrogens is 1. The summed E-state index contributed by atoms with van der Waals surface area (Å²) in [4.78, 5) is 13.6. The van der Waals surface area contributed by atoms with Crippen molar-refractivity contribution in [3.63, 3.8) is 0 Å². The number of oxazole rings is 1. The zero-order chi connectivity index (χ0) is 10.4. The number of nitrogen functional groups attached to an aromatic ring is 1. The molecule has 0 bridgehead atoms. The highest BCUT2D eigenvalue weighted by Crippen LogP contribution is 2.25. The number of hydrogen-bond acceptors (Lipinski definition) is 3. The monoisotopic (exact) mass is 200 g/mol. The molecule has 1 heterocycles. The van der Waals surface area contributed by atoms with Crippen LogP contribution in [0.15, 0.2) is 39.5 Å². The van der Waals surface area contributed by atoms with Crippen molar-refractivity contribution in [1.29, 1.82) is 0 Å². The first-order valence-electron chi connectivity index (χ1n) is 4.55. The van der Waals surface area contributed by atoms with E-state index in [4.69, 9.17) is 10.2 Å². The molecule has 0 unspecified atom stereocenters.